The molecule has 5 N–H and O–H groups in total. The van der Waals surface area contributed by atoms with Gasteiger partial charge < -0.3 is 25.5 Å². The molecule has 0 saturated heterocycles. The van der Waals surface area contributed by atoms with Gasteiger partial charge in [0.1, 0.15) is 0 Å². The highest BCUT2D eigenvalue weighted by atomic mass is 16.4. The molecule has 0 saturated carbocycles. The number of hydrogen-bond donors (Lipinski definition) is 5. The van der Waals surface area contributed by atoms with Crippen molar-refractivity contribution in [3.8, 4) is 28.7 Å². The second kappa shape index (κ2) is 9.78. The van der Waals surface area contributed by atoms with E-state index >= 15 is 0 Å². The Labute approximate surface area is 279 Å². The van der Waals surface area contributed by atoms with Gasteiger partial charge in [-0.05, 0) is 93.3 Å². The van der Waals surface area contributed by atoms with Gasteiger partial charge in [0.05, 0.1) is 5.56 Å². The lowest BCUT2D eigenvalue weighted by Gasteiger charge is -2.26. The van der Waals surface area contributed by atoms with Gasteiger partial charge in [0.15, 0.2) is 11.5 Å². The van der Waals surface area contributed by atoms with Gasteiger partial charge >= 0.3 is 0 Å². The van der Waals surface area contributed by atoms with Crippen molar-refractivity contribution in [2.45, 2.75) is 12.3 Å². The number of hydrogen-bond acceptors (Lipinski definition) is 5. The maximum Gasteiger partial charge on any atom is 0.208 e. The molecular weight excluding hydrogens is 608 g/mol. The minimum atomic E-state index is -0.977. The van der Waals surface area contributed by atoms with Gasteiger partial charge in [-0.3, -0.25) is 0 Å². The van der Waals surface area contributed by atoms with E-state index in [0.29, 0.717) is 12.0 Å². The van der Waals surface area contributed by atoms with Crippen LogP contribution in [0.5, 0.6) is 28.7 Å². The van der Waals surface area contributed by atoms with E-state index in [4.69, 9.17) is 0 Å². The first kappa shape index (κ1) is 27.6. The summed E-state index contributed by atoms with van der Waals surface area (Å²) in [4.78, 5) is 0. The molecule has 0 aliphatic heterocycles. The molecule has 0 aromatic heterocycles. The molecule has 1 atom stereocenters. The quantitative estimate of drug-likeness (QED) is 0.0755. The lowest BCUT2D eigenvalue weighted by atomic mass is 9.77. The molecule has 9 aromatic carbocycles. The number of rotatable bonds is 3. The zero-order chi connectivity index (χ0) is 33.1. The molecule has 1 aliphatic rings. The molecule has 234 valence electrons. The first-order chi connectivity index (χ1) is 23.9. The minimum Gasteiger partial charge on any atom is -0.504 e. The highest BCUT2D eigenvalue weighted by molar-refractivity contribution is 6.25. The second-order valence-corrected chi connectivity index (χ2v) is 13.2. The van der Waals surface area contributed by atoms with E-state index in [-0.39, 0.29) is 11.5 Å². The second-order valence-electron chi connectivity index (χ2n) is 13.2. The molecule has 10 rings (SSSR count). The summed E-state index contributed by atoms with van der Waals surface area (Å²) < 4.78 is 0. The van der Waals surface area contributed by atoms with Crippen molar-refractivity contribution in [2.75, 3.05) is 0 Å². The maximum absolute atomic E-state index is 11.1. The molecule has 9 aromatic rings. The van der Waals surface area contributed by atoms with Crippen LogP contribution in [0.2, 0.25) is 0 Å². The number of phenolic OH excluding ortho intramolecular Hbond substituents is 5. The Morgan fingerprint density at radius 3 is 1.47 bits per heavy atom. The van der Waals surface area contributed by atoms with Crippen LogP contribution >= 0.6 is 0 Å². The van der Waals surface area contributed by atoms with E-state index in [1.165, 1.54) is 43.1 Å². The van der Waals surface area contributed by atoms with Gasteiger partial charge in [-0.25, -0.2) is 0 Å². The zero-order valence-electron chi connectivity index (χ0n) is 26.1. The van der Waals surface area contributed by atoms with Gasteiger partial charge in [0, 0.05) is 5.92 Å². The van der Waals surface area contributed by atoms with Crippen molar-refractivity contribution in [3.05, 3.63) is 138 Å². The Morgan fingerprint density at radius 2 is 0.878 bits per heavy atom. The van der Waals surface area contributed by atoms with E-state index in [0.717, 1.165) is 38.2 Å². The maximum atomic E-state index is 11.1. The minimum absolute atomic E-state index is 0.148. The molecule has 0 spiro atoms. The smallest absolute Gasteiger partial charge is 0.208 e. The normalized spacial score (nSPS) is 15.3. The van der Waals surface area contributed by atoms with E-state index in [1.807, 2.05) is 12.2 Å². The summed E-state index contributed by atoms with van der Waals surface area (Å²) in [6, 6.07) is 38.5. The standard InChI is InChI=1S/C44H28O5/c45-40-39(41(46)43(48)44(49)42(40)47)30-20-28(31-15-11-26-9-7-22-3-1-5-24-13-17-33(31)37(26)35(22)24)19-29(21-30)32-16-12-27-10-8-23-4-2-6-25-14-18-34(32)38(27)36(23)25/h1-18,20-21,28,45-49H,19H2. The largest absolute Gasteiger partial charge is 0.504 e. The zero-order valence-corrected chi connectivity index (χ0v) is 26.1. The molecular formula is C44H28O5. The van der Waals surface area contributed by atoms with Gasteiger partial charge in [-0.15, -0.1) is 0 Å². The Hall–Kier alpha value is -6.46. The van der Waals surface area contributed by atoms with E-state index < -0.39 is 28.7 Å². The Bertz CT molecular complexity index is 2850. The van der Waals surface area contributed by atoms with Gasteiger partial charge in [-0.2, -0.15) is 0 Å². The summed E-state index contributed by atoms with van der Waals surface area (Å²) in [6.07, 6.45) is 4.49. The van der Waals surface area contributed by atoms with Crippen LogP contribution in [0.3, 0.4) is 0 Å². The van der Waals surface area contributed by atoms with Crippen molar-refractivity contribution in [1.82, 2.24) is 0 Å². The molecule has 0 bridgehead atoms. The van der Waals surface area contributed by atoms with Crippen LogP contribution in [-0.4, -0.2) is 25.5 Å². The topological polar surface area (TPSA) is 101 Å². The van der Waals surface area contributed by atoms with E-state index in [1.54, 1.807) is 0 Å². The Morgan fingerprint density at radius 1 is 0.429 bits per heavy atom. The molecule has 0 fully saturated rings. The van der Waals surface area contributed by atoms with E-state index in [9.17, 15) is 25.5 Å². The molecule has 1 unspecified atom stereocenters. The highest BCUT2D eigenvalue weighted by Gasteiger charge is 2.29. The first-order valence-electron chi connectivity index (χ1n) is 16.3. The summed E-state index contributed by atoms with van der Waals surface area (Å²) in [5.41, 5.74) is 3.34. The van der Waals surface area contributed by atoms with Crippen LogP contribution in [0.1, 0.15) is 29.0 Å². The number of benzene rings is 9. The molecule has 0 heterocycles. The molecule has 0 amide bonds. The molecule has 5 nitrogen and oxygen atoms in total. The Balaban J connectivity index is 1.25. The third-order valence-electron chi connectivity index (χ3n) is 10.6. The van der Waals surface area contributed by atoms with Crippen molar-refractivity contribution < 1.29 is 25.5 Å². The van der Waals surface area contributed by atoms with Crippen molar-refractivity contribution in [2.24, 2.45) is 0 Å². The van der Waals surface area contributed by atoms with Crippen LogP contribution in [0.15, 0.2) is 121 Å². The third kappa shape index (κ3) is 3.75. The van der Waals surface area contributed by atoms with Gasteiger partial charge in [0.2, 0.25) is 17.2 Å². The summed E-state index contributed by atoms with van der Waals surface area (Å²) in [6.45, 7) is 0. The fourth-order valence-electron chi connectivity index (χ4n) is 8.41. The Kier molecular flexibility index (Phi) is 5.52. The lowest BCUT2D eigenvalue weighted by Crippen LogP contribution is -2.06. The highest BCUT2D eigenvalue weighted by Crippen LogP contribution is 2.55. The fourth-order valence-corrected chi connectivity index (χ4v) is 8.41. The number of aromatic hydroxyl groups is 5. The van der Waals surface area contributed by atoms with E-state index in [2.05, 4.69) is 109 Å². The summed E-state index contributed by atoms with van der Waals surface area (Å²) in [5.74, 6) is -4.39. The van der Waals surface area contributed by atoms with Crippen molar-refractivity contribution in [3.63, 3.8) is 0 Å². The average molecular weight is 637 g/mol. The van der Waals surface area contributed by atoms with Gasteiger partial charge in [-0.1, -0.05) is 121 Å². The monoisotopic (exact) mass is 636 g/mol. The molecule has 5 heteroatoms. The molecule has 49 heavy (non-hydrogen) atoms. The lowest BCUT2D eigenvalue weighted by molar-refractivity contribution is 0.327. The van der Waals surface area contributed by atoms with Crippen molar-refractivity contribution in [1.29, 1.82) is 0 Å². The van der Waals surface area contributed by atoms with Crippen LogP contribution in [0, 0.1) is 0 Å². The predicted molar refractivity (Wildman–Crippen MR) is 198 cm³/mol. The van der Waals surface area contributed by atoms with Gasteiger partial charge in [0.25, 0.3) is 0 Å². The van der Waals surface area contributed by atoms with Crippen LogP contribution < -0.4 is 0 Å². The third-order valence-corrected chi connectivity index (χ3v) is 10.6. The van der Waals surface area contributed by atoms with Crippen LogP contribution in [-0.2, 0) is 0 Å². The number of phenols is 5. The fraction of sp³-hybridized carbons (Fsp3) is 0.0455. The van der Waals surface area contributed by atoms with Crippen LogP contribution in [0.25, 0.3) is 75.8 Å². The summed E-state index contributed by atoms with van der Waals surface area (Å²) >= 11 is 0. The summed E-state index contributed by atoms with van der Waals surface area (Å²) in [5, 5.41) is 67.5. The molecule has 1 aliphatic carbocycles. The summed E-state index contributed by atoms with van der Waals surface area (Å²) in [7, 11) is 0. The van der Waals surface area contributed by atoms with Crippen molar-refractivity contribution >= 4 is 75.8 Å². The first-order valence-corrected chi connectivity index (χ1v) is 16.3. The number of allylic oxidation sites excluding steroid dienone is 4. The van der Waals surface area contributed by atoms with Crippen LogP contribution in [0.4, 0.5) is 0 Å². The predicted octanol–water partition coefficient (Wildman–Crippen LogP) is 10.7. The SMILES string of the molecule is Oc1c(O)c(O)c(C2=CC(c3ccc4ccc5cccc6ccc3c4c56)CC(c3ccc4ccc5cccc6ccc3c4c56)=C2)c(O)c1O. The average Bonchev–Trinajstić information content (AvgIpc) is 3.14. The molecule has 0 radical (unpaired) electrons.